The summed E-state index contributed by atoms with van der Waals surface area (Å²) in [5.74, 6) is 0.325. The quantitative estimate of drug-likeness (QED) is 0.822. The number of hydrogen-bond donors (Lipinski definition) is 0. The van der Waals surface area contributed by atoms with Crippen molar-refractivity contribution in [2.24, 2.45) is 0 Å². The Morgan fingerprint density at radius 3 is 2.81 bits per heavy atom. The minimum absolute atomic E-state index is 0.0407. The monoisotopic (exact) mass is 377 g/mol. The molecule has 8 heteroatoms. The van der Waals surface area contributed by atoms with E-state index in [2.05, 4.69) is 15.2 Å². The van der Waals surface area contributed by atoms with E-state index in [4.69, 9.17) is 11.6 Å². The second-order valence-corrected chi connectivity index (χ2v) is 7.25. The summed E-state index contributed by atoms with van der Waals surface area (Å²) in [6, 6.07) is 3.36. The minimum Gasteiger partial charge on any atom is -0.361 e. The number of nitrogens with zero attached hydrogens (tertiary/aromatic N) is 5. The summed E-state index contributed by atoms with van der Waals surface area (Å²) >= 11 is 5.93. The fraction of sp³-hybridized carbons (Fsp3) is 0.444. The molecule has 0 saturated carbocycles. The predicted octanol–water partition coefficient (Wildman–Crippen LogP) is 3.00. The van der Waals surface area contributed by atoms with Gasteiger partial charge in [-0.2, -0.15) is 5.10 Å². The lowest BCUT2D eigenvalue weighted by molar-refractivity contribution is 0.0301. The Morgan fingerprint density at radius 1 is 1.35 bits per heavy atom. The molecule has 6 nitrogen and oxygen atoms in total. The number of carbonyl (C=O) groups excluding carboxylic acids is 1. The number of pyridine rings is 1. The molecule has 1 aliphatic heterocycles. The van der Waals surface area contributed by atoms with Crippen LogP contribution in [0.2, 0.25) is 5.02 Å². The number of carbonyl (C=O) groups is 1. The molecule has 138 valence electrons. The fourth-order valence-electron chi connectivity index (χ4n) is 3.26. The molecule has 1 aliphatic rings. The van der Waals surface area contributed by atoms with Crippen molar-refractivity contribution in [3.05, 3.63) is 46.4 Å². The highest BCUT2D eigenvalue weighted by molar-refractivity contribution is 6.30. The highest BCUT2D eigenvalue weighted by atomic mass is 35.5. The van der Waals surface area contributed by atoms with Crippen molar-refractivity contribution < 1.29 is 9.18 Å². The van der Waals surface area contributed by atoms with Crippen LogP contribution in [-0.4, -0.2) is 53.2 Å². The number of alkyl halides is 1. The molecule has 26 heavy (non-hydrogen) atoms. The van der Waals surface area contributed by atoms with E-state index in [0.717, 1.165) is 0 Å². The van der Waals surface area contributed by atoms with Crippen LogP contribution in [0.25, 0.3) is 0 Å². The van der Waals surface area contributed by atoms with Crippen LogP contribution in [0, 0.1) is 6.92 Å². The number of rotatable bonds is 3. The lowest BCUT2D eigenvalue weighted by atomic mass is 9.88. The normalized spacial score (nSPS) is 20.1. The molecule has 1 amide bonds. The Bertz CT molecular complexity index is 831. The third-order valence-corrected chi connectivity index (χ3v) is 4.75. The van der Waals surface area contributed by atoms with Gasteiger partial charge >= 0.3 is 0 Å². The van der Waals surface area contributed by atoms with Gasteiger partial charge in [-0.15, -0.1) is 5.10 Å². The van der Waals surface area contributed by atoms with E-state index >= 15 is 4.39 Å². The van der Waals surface area contributed by atoms with Crippen LogP contribution in [0.15, 0.2) is 24.5 Å². The maximum absolute atomic E-state index is 15.7. The first-order chi connectivity index (χ1) is 12.3. The average Bonchev–Trinajstić information content (AvgIpc) is 2.61. The van der Waals surface area contributed by atoms with Gasteiger partial charge in [-0.1, -0.05) is 11.6 Å². The number of amides is 1. The van der Waals surface area contributed by atoms with Crippen LogP contribution in [0.4, 0.5) is 10.2 Å². The Morgan fingerprint density at radius 2 is 2.12 bits per heavy atom. The molecule has 3 heterocycles. The molecule has 0 bridgehead atoms. The van der Waals surface area contributed by atoms with E-state index < -0.39 is 5.67 Å². The molecule has 1 atom stereocenters. The van der Waals surface area contributed by atoms with Crippen LogP contribution in [0.1, 0.15) is 34.5 Å². The zero-order chi connectivity index (χ0) is 18.9. The lowest BCUT2D eigenvalue weighted by Crippen LogP contribution is -2.47. The van der Waals surface area contributed by atoms with Gasteiger partial charge in [0.1, 0.15) is 0 Å². The van der Waals surface area contributed by atoms with Gasteiger partial charge in [0.2, 0.25) is 0 Å². The summed E-state index contributed by atoms with van der Waals surface area (Å²) in [5, 5.41) is 8.32. The molecule has 2 aromatic heterocycles. The van der Waals surface area contributed by atoms with Gasteiger partial charge in [0.25, 0.3) is 5.91 Å². The second kappa shape index (κ2) is 7.15. The predicted molar refractivity (Wildman–Crippen MR) is 98.3 cm³/mol. The number of piperidine rings is 1. The molecule has 0 radical (unpaired) electrons. The average molecular weight is 378 g/mol. The van der Waals surface area contributed by atoms with E-state index in [1.807, 2.05) is 14.1 Å². The van der Waals surface area contributed by atoms with Gasteiger partial charge in [0.05, 0.1) is 29.0 Å². The van der Waals surface area contributed by atoms with Gasteiger partial charge in [0.15, 0.2) is 11.5 Å². The molecule has 0 aromatic carbocycles. The van der Waals surface area contributed by atoms with Crippen molar-refractivity contribution in [2.75, 3.05) is 32.1 Å². The number of aryl methyl sites for hydroxylation is 1. The molecule has 2 aromatic rings. The standard InChI is InChI=1S/C18H21ClFN5O/c1-12-7-14(19)10-21-16(12)18(20)5-4-6-25(11-18)17(26)13-8-15(24(2)3)23-22-9-13/h7-10H,4-6,11H2,1-3H3. The summed E-state index contributed by atoms with van der Waals surface area (Å²) in [6.07, 6.45) is 3.74. The van der Waals surface area contributed by atoms with Crippen molar-refractivity contribution in [3.63, 3.8) is 0 Å². The van der Waals surface area contributed by atoms with Crippen LogP contribution < -0.4 is 4.90 Å². The Kier molecular flexibility index (Phi) is 5.09. The highest BCUT2D eigenvalue weighted by Crippen LogP contribution is 2.37. The van der Waals surface area contributed by atoms with Crippen molar-refractivity contribution in [2.45, 2.75) is 25.4 Å². The zero-order valence-corrected chi connectivity index (χ0v) is 15.8. The number of likely N-dealkylation sites (tertiary alicyclic amines) is 1. The van der Waals surface area contributed by atoms with Crippen molar-refractivity contribution >= 4 is 23.3 Å². The molecule has 0 spiro atoms. The maximum Gasteiger partial charge on any atom is 0.255 e. The molecule has 0 N–H and O–H groups in total. The third kappa shape index (κ3) is 3.62. The Labute approximate surface area is 157 Å². The number of aromatic nitrogens is 3. The first-order valence-electron chi connectivity index (χ1n) is 8.41. The molecule has 1 fully saturated rings. The first-order valence-corrected chi connectivity index (χ1v) is 8.79. The summed E-state index contributed by atoms with van der Waals surface area (Å²) in [5.41, 5.74) is -0.252. The SMILES string of the molecule is Cc1cc(Cl)cnc1C1(F)CCCN(C(=O)c2cnnc(N(C)C)c2)C1. The first kappa shape index (κ1) is 18.5. The lowest BCUT2D eigenvalue weighted by Gasteiger charge is -2.37. The summed E-state index contributed by atoms with van der Waals surface area (Å²) in [7, 11) is 3.64. The van der Waals surface area contributed by atoms with E-state index in [0.29, 0.717) is 47.0 Å². The van der Waals surface area contributed by atoms with Crippen molar-refractivity contribution in [1.82, 2.24) is 20.1 Å². The topological polar surface area (TPSA) is 62.2 Å². The van der Waals surface area contributed by atoms with Gasteiger partial charge in [-0.3, -0.25) is 9.78 Å². The molecule has 1 unspecified atom stereocenters. The molecular weight excluding hydrogens is 357 g/mol. The molecular formula is C18H21ClFN5O. The van der Waals surface area contributed by atoms with Crippen molar-refractivity contribution in [3.8, 4) is 0 Å². The second-order valence-electron chi connectivity index (χ2n) is 6.81. The van der Waals surface area contributed by atoms with E-state index in [9.17, 15) is 4.79 Å². The summed E-state index contributed by atoms with van der Waals surface area (Å²) in [6.45, 7) is 2.24. The van der Waals surface area contributed by atoms with Crippen LogP contribution >= 0.6 is 11.6 Å². The fourth-order valence-corrected chi connectivity index (χ4v) is 3.47. The number of halogens is 2. The van der Waals surface area contributed by atoms with Crippen molar-refractivity contribution in [1.29, 1.82) is 0 Å². The summed E-state index contributed by atoms with van der Waals surface area (Å²) < 4.78 is 15.7. The maximum atomic E-state index is 15.7. The summed E-state index contributed by atoms with van der Waals surface area (Å²) in [4.78, 5) is 20.4. The molecule has 1 saturated heterocycles. The van der Waals surface area contributed by atoms with Crippen LogP contribution in [0.5, 0.6) is 0 Å². The molecule has 0 aliphatic carbocycles. The Hall–Kier alpha value is -2.28. The smallest absolute Gasteiger partial charge is 0.255 e. The van der Waals surface area contributed by atoms with Gasteiger partial charge in [-0.05, 0) is 37.5 Å². The largest absolute Gasteiger partial charge is 0.361 e. The van der Waals surface area contributed by atoms with E-state index in [-0.39, 0.29) is 12.5 Å². The highest BCUT2D eigenvalue weighted by Gasteiger charge is 2.41. The van der Waals surface area contributed by atoms with Gasteiger partial charge in [-0.25, -0.2) is 4.39 Å². The van der Waals surface area contributed by atoms with Gasteiger partial charge in [0, 0.05) is 26.8 Å². The number of anilines is 1. The van der Waals surface area contributed by atoms with Crippen LogP contribution in [-0.2, 0) is 5.67 Å². The van der Waals surface area contributed by atoms with E-state index in [1.165, 1.54) is 17.3 Å². The van der Waals surface area contributed by atoms with Crippen LogP contribution in [0.3, 0.4) is 0 Å². The zero-order valence-electron chi connectivity index (χ0n) is 15.0. The van der Waals surface area contributed by atoms with Gasteiger partial charge < -0.3 is 9.80 Å². The number of hydrogen-bond acceptors (Lipinski definition) is 5. The molecule has 3 rings (SSSR count). The Balaban J connectivity index is 1.86. The minimum atomic E-state index is -1.69. The van der Waals surface area contributed by atoms with E-state index in [1.54, 1.807) is 24.0 Å². The third-order valence-electron chi connectivity index (χ3n) is 4.55.